The van der Waals surface area contributed by atoms with Gasteiger partial charge in [-0.15, -0.1) is 0 Å². The van der Waals surface area contributed by atoms with E-state index in [0.717, 1.165) is 18.4 Å². The number of para-hydroxylation sites is 1. The van der Waals surface area contributed by atoms with E-state index in [0.29, 0.717) is 29.6 Å². The minimum absolute atomic E-state index is 0.115. The van der Waals surface area contributed by atoms with Gasteiger partial charge in [-0.2, -0.15) is 5.26 Å². The van der Waals surface area contributed by atoms with Gasteiger partial charge in [0.05, 0.1) is 12.2 Å². The fraction of sp³-hybridized carbons (Fsp3) is 0.261. The number of hydrogen-bond acceptors (Lipinski definition) is 6. The van der Waals surface area contributed by atoms with E-state index in [4.69, 9.17) is 19.2 Å². The third kappa shape index (κ3) is 5.61. The zero-order valence-corrected chi connectivity index (χ0v) is 16.8. The molecule has 0 aliphatic rings. The highest BCUT2D eigenvalue weighted by Gasteiger charge is 2.13. The second-order valence-electron chi connectivity index (χ2n) is 6.51. The molecule has 154 valence electrons. The average Bonchev–Trinajstić information content (AvgIpc) is 3.26. The summed E-state index contributed by atoms with van der Waals surface area (Å²) in [7, 11) is 0. The second-order valence-corrected chi connectivity index (χ2v) is 6.51. The van der Waals surface area contributed by atoms with Crippen LogP contribution in [-0.2, 0) is 13.2 Å². The molecule has 3 aromatic rings. The summed E-state index contributed by atoms with van der Waals surface area (Å²) in [4.78, 5) is 16.7. The van der Waals surface area contributed by atoms with Gasteiger partial charge in [0.15, 0.2) is 5.76 Å². The first kappa shape index (κ1) is 20.9. The number of benzene rings is 1. The van der Waals surface area contributed by atoms with Crippen molar-refractivity contribution in [2.75, 3.05) is 6.61 Å². The summed E-state index contributed by atoms with van der Waals surface area (Å²) >= 11 is 0. The van der Waals surface area contributed by atoms with Crippen LogP contribution in [0.1, 0.15) is 47.2 Å². The number of furan rings is 1. The number of rotatable bonds is 10. The summed E-state index contributed by atoms with van der Waals surface area (Å²) in [6.07, 6.45) is 3.64. The predicted molar refractivity (Wildman–Crippen MR) is 110 cm³/mol. The minimum Gasteiger partial charge on any atom is -0.484 e. The molecule has 3 rings (SSSR count). The van der Waals surface area contributed by atoms with Gasteiger partial charge in [-0.05, 0) is 36.8 Å². The molecule has 0 saturated heterocycles. The highest BCUT2D eigenvalue weighted by atomic mass is 16.5. The van der Waals surface area contributed by atoms with Crippen LogP contribution in [0.2, 0.25) is 0 Å². The van der Waals surface area contributed by atoms with Gasteiger partial charge in [0, 0.05) is 18.3 Å². The van der Waals surface area contributed by atoms with Crippen molar-refractivity contribution in [2.24, 2.45) is 0 Å². The Hall–Kier alpha value is -3.79. The van der Waals surface area contributed by atoms with Crippen LogP contribution in [0.15, 0.2) is 59.1 Å². The molecule has 0 bridgehead atoms. The molecule has 1 aromatic carbocycles. The van der Waals surface area contributed by atoms with E-state index < -0.39 is 0 Å². The number of nitriles is 1. The molecule has 1 N–H and O–H groups in total. The summed E-state index contributed by atoms with van der Waals surface area (Å²) in [5, 5.41) is 11.9. The van der Waals surface area contributed by atoms with Crippen LogP contribution in [-0.4, -0.2) is 17.5 Å². The zero-order chi connectivity index (χ0) is 21.2. The molecule has 1 amide bonds. The Morgan fingerprint density at radius 3 is 2.87 bits per heavy atom. The number of carbonyl (C=O) groups excluding carboxylic acids is 1. The molecule has 2 aromatic heterocycles. The van der Waals surface area contributed by atoms with Gasteiger partial charge in [0.2, 0.25) is 5.88 Å². The summed E-state index contributed by atoms with van der Waals surface area (Å²) in [5.74, 6) is 1.31. The third-order valence-corrected chi connectivity index (χ3v) is 4.29. The van der Waals surface area contributed by atoms with Gasteiger partial charge in [0.25, 0.3) is 5.91 Å². The van der Waals surface area contributed by atoms with Crippen LogP contribution < -0.4 is 14.8 Å². The van der Waals surface area contributed by atoms with E-state index in [9.17, 15) is 4.79 Å². The minimum atomic E-state index is -0.345. The quantitative estimate of drug-likeness (QED) is 0.507. The third-order valence-electron chi connectivity index (χ3n) is 4.29. The number of carbonyl (C=O) groups is 1. The summed E-state index contributed by atoms with van der Waals surface area (Å²) < 4.78 is 16.9. The van der Waals surface area contributed by atoms with Gasteiger partial charge >= 0.3 is 0 Å². The van der Waals surface area contributed by atoms with Gasteiger partial charge in [-0.3, -0.25) is 4.79 Å². The smallest absolute Gasteiger partial charge is 0.287 e. The molecule has 0 atom stereocenters. The largest absolute Gasteiger partial charge is 0.484 e. The van der Waals surface area contributed by atoms with Crippen molar-refractivity contribution in [3.63, 3.8) is 0 Å². The Morgan fingerprint density at radius 2 is 2.03 bits per heavy atom. The van der Waals surface area contributed by atoms with E-state index >= 15 is 0 Å². The first-order chi connectivity index (χ1) is 14.7. The lowest BCUT2D eigenvalue weighted by atomic mass is 10.2. The molecule has 0 aliphatic heterocycles. The van der Waals surface area contributed by atoms with Crippen molar-refractivity contribution >= 4 is 5.91 Å². The molecule has 0 fully saturated rings. The number of nitrogens with one attached hydrogen (secondary N) is 1. The van der Waals surface area contributed by atoms with Gasteiger partial charge < -0.3 is 19.2 Å². The van der Waals surface area contributed by atoms with Crippen molar-refractivity contribution in [3.8, 4) is 17.7 Å². The van der Waals surface area contributed by atoms with E-state index in [1.54, 1.807) is 48.7 Å². The molecule has 0 aliphatic carbocycles. The molecule has 0 spiro atoms. The maximum Gasteiger partial charge on any atom is 0.287 e. The molecule has 0 unspecified atom stereocenters. The molecule has 2 heterocycles. The van der Waals surface area contributed by atoms with Crippen LogP contribution in [0, 0.1) is 11.3 Å². The zero-order valence-electron chi connectivity index (χ0n) is 16.8. The van der Waals surface area contributed by atoms with Crippen LogP contribution in [0.3, 0.4) is 0 Å². The fourth-order valence-corrected chi connectivity index (χ4v) is 2.68. The Labute approximate surface area is 175 Å². The van der Waals surface area contributed by atoms with Crippen molar-refractivity contribution < 1.29 is 18.7 Å². The summed E-state index contributed by atoms with van der Waals surface area (Å²) in [6.45, 7) is 3.07. The van der Waals surface area contributed by atoms with Gasteiger partial charge in [0.1, 0.15) is 24.2 Å². The SMILES string of the molecule is CCCCOc1ncccc1CNC(=O)c1ccc(COc2ccccc2C#N)o1. The predicted octanol–water partition coefficient (Wildman–Crippen LogP) is 4.23. The Kier molecular flexibility index (Phi) is 7.45. The van der Waals surface area contributed by atoms with Crippen molar-refractivity contribution in [3.05, 3.63) is 77.4 Å². The van der Waals surface area contributed by atoms with Crippen molar-refractivity contribution in [2.45, 2.75) is 32.9 Å². The van der Waals surface area contributed by atoms with Crippen molar-refractivity contribution in [1.29, 1.82) is 5.26 Å². The number of unbranched alkanes of at least 4 members (excludes halogenated alkanes) is 1. The van der Waals surface area contributed by atoms with Crippen LogP contribution in [0.25, 0.3) is 0 Å². The van der Waals surface area contributed by atoms with Crippen LogP contribution in [0.5, 0.6) is 11.6 Å². The van der Waals surface area contributed by atoms with E-state index in [1.165, 1.54) is 0 Å². The number of nitrogens with zero attached hydrogens (tertiary/aromatic N) is 2. The fourth-order valence-electron chi connectivity index (χ4n) is 2.68. The molecule has 0 saturated carbocycles. The summed E-state index contributed by atoms with van der Waals surface area (Å²) in [6, 6.07) is 15.9. The number of aromatic nitrogens is 1. The second kappa shape index (κ2) is 10.7. The highest BCUT2D eigenvalue weighted by molar-refractivity contribution is 5.91. The maximum absolute atomic E-state index is 12.4. The lowest BCUT2D eigenvalue weighted by Crippen LogP contribution is -2.22. The highest BCUT2D eigenvalue weighted by Crippen LogP contribution is 2.19. The van der Waals surface area contributed by atoms with E-state index in [-0.39, 0.29) is 24.8 Å². The Bertz CT molecular complexity index is 1020. The normalized spacial score (nSPS) is 10.3. The average molecular weight is 405 g/mol. The maximum atomic E-state index is 12.4. The van der Waals surface area contributed by atoms with Gasteiger partial charge in [-0.1, -0.05) is 31.5 Å². The van der Waals surface area contributed by atoms with Crippen LogP contribution in [0.4, 0.5) is 0 Å². The topological polar surface area (TPSA) is 97.4 Å². The first-order valence-corrected chi connectivity index (χ1v) is 9.76. The number of ether oxygens (including phenoxy) is 2. The number of amides is 1. The number of pyridine rings is 1. The standard InChI is InChI=1S/C23H23N3O4/c1-2-3-13-28-23-18(8-6-12-25-23)15-26-22(27)21-11-10-19(30-21)16-29-20-9-5-4-7-17(20)14-24/h4-12H,2-3,13,15-16H2,1H3,(H,26,27). The molecule has 7 heteroatoms. The summed E-state index contributed by atoms with van der Waals surface area (Å²) in [5.41, 5.74) is 1.24. The molecule has 7 nitrogen and oxygen atoms in total. The molecular formula is C23H23N3O4. The van der Waals surface area contributed by atoms with Crippen molar-refractivity contribution in [1.82, 2.24) is 10.3 Å². The Balaban J connectivity index is 1.55. The lowest BCUT2D eigenvalue weighted by Gasteiger charge is -2.10. The van der Waals surface area contributed by atoms with Gasteiger partial charge in [-0.25, -0.2) is 4.98 Å². The van der Waals surface area contributed by atoms with Crippen LogP contribution >= 0.6 is 0 Å². The van der Waals surface area contributed by atoms with E-state index in [2.05, 4.69) is 23.3 Å². The molecule has 30 heavy (non-hydrogen) atoms. The Morgan fingerprint density at radius 1 is 1.17 bits per heavy atom. The number of hydrogen-bond donors (Lipinski definition) is 1. The lowest BCUT2D eigenvalue weighted by molar-refractivity contribution is 0.0918. The molecular weight excluding hydrogens is 382 g/mol. The monoisotopic (exact) mass is 405 g/mol. The molecule has 0 radical (unpaired) electrons. The van der Waals surface area contributed by atoms with E-state index in [1.807, 2.05) is 6.07 Å². The first-order valence-electron chi connectivity index (χ1n) is 9.76.